The molecule has 1 aliphatic heterocycles. The smallest absolute Gasteiger partial charge is 0.251 e. The number of benzene rings is 2. The van der Waals surface area contributed by atoms with Gasteiger partial charge in [-0.1, -0.05) is 12.1 Å². The van der Waals surface area contributed by atoms with Crippen LogP contribution in [-0.2, 0) is 6.54 Å². The molecule has 6 nitrogen and oxygen atoms in total. The van der Waals surface area contributed by atoms with Crippen molar-refractivity contribution in [2.45, 2.75) is 64.7 Å². The standard InChI is InChI=1S/C27H35N3O3/c1-17-9-19(12-21(10-17)26(33)29-27(2,3)4)18-5-8-25-20(11-18)13-22(28-25)14-30-23(15-31)6-7-24(30)16-32/h5,8-13,23-24,28,31-32H,6-7,14-16H2,1-4H3,(H,29,33)/t23-,24-/m1/s1. The van der Waals surface area contributed by atoms with E-state index in [9.17, 15) is 15.0 Å². The fourth-order valence-electron chi connectivity index (χ4n) is 4.81. The number of fused-ring (bicyclic) bond motifs is 1. The van der Waals surface area contributed by atoms with Gasteiger partial charge in [0.15, 0.2) is 0 Å². The zero-order valence-corrected chi connectivity index (χ0v) is 20.0. The Morgan fingerprint density at radius 3 is 2.36 bits per heavy atom. The number of aryl methyl sites for hydroxylation is 1. The molecule has 1 fully saturated rings. The Labute approximate surface area is 195 Å². The van der Waals surface area contributed by atoms with E-state index in [1.54, 1.807) is 0 Å². The van der Waals surface area contributed by atoms with E-state index in [-0.39, 0.29) is 36.7 Å². The molecule has 0 saturated carbocycles. The summed E-state index contributed by atoms with van der Waals surface area (Å²) >= 11 is 0. The molecule has 0 bridgehead atoms. The van der Waals surface area contributed by atoms with Gasteiger partial charge in [-0.3, -0.25) is 9.69 Å². The van der Waals surface area contributed by atoms with Crippen LogP contribution in [0.1, 0.15) is 55.2 Å². The first kappa shape index (κ1) is 23.5. The maximum absolute atomic E-state index is 12.7. The van der Waals surface area contributed by atoms with Gasteiger partial charge >= 0.3 is 0 Å². The average Bonchev–Trinajstić information content (AvgIpc) is 3.34. The molecular formula is C27H35N3O3. The number of aliphatic hydroxyl groups excluding tert-OH is 2. The predicted molar refractivity (Wildman–Crippen MR) is 132 cm³/mol. The Hall–Kier alpha value is -2.67. The van der Waals surface area contributed by atoms with Crippen molar-refractivity contribution >= 4 is 16.8 Å². The molecule has 3 aromatic rings. The Morgan fingerprint density at radius 2 is 1.73 bits per heavy atom. The summed E-state index contributed by atoms with van der Waals surface area (Å²) in [4.78, 5) is 18.4. The van der Waals surface area contributed by atoms with E-state index >= 15 is 0 Å². The number of hydrogen-bond donors (Lipinski definition) is 4. The van der Waals surface area contributed by atoms with E-state index in [4.69, 9.17) is 0 Å². The third-order valence-electron chi connectivity index (χ3n) is 6.38. The van der Waals surface area contributed by atoms with Crippen LogP contribution in [0, 0.1) is 6.92 Å². The van der Waals surface area contributed by atoms with E-state index in [1.165, 1.54) is 0 Å². The van der Waals surface area contributed by atoms with Crippen molar-refractivity contribution in [2.75, 3.05) is 13.2 Å². The SMILES string of the molecule is Cc1cc(C(=O)NC(C)(C)C)cc(-c2ccc3[nH]c(CN4[C@@H](CO)CC[C@@H]4CO)cc3c2)c1. The lowest BCUT2D eigenvalue weighted by Crippen LogP contribution is -2.40. The molecule has 1 saturated heterocycles. The molecule has 4 N–H and O–H groups in total. The summed E-state index contributed by atoms with van der Waals surface area (Å²) in [5, 5.41) is 23.6. The van der Waals surface area contributed by atoms with Crippen LogP contribution in [0.25, 0.3) is 22.0 Å². The number of aliphatic hydroxyl groups is 2. The highest BCUT2D eigenvalue weighted by Crippen LogP contribution is 2.29. The van der Waals surface area contributed by atoms with Crippen LogP contribution in [0.2, 0.25) is 0 Å². The minimum atomic E-state index is -0.291. The van der Waals surface area contributed by atoms with E-state index in [2.05, 4.69) is 45.5 Å². The Kier molecular flexibility index (Phi) is 6.61. The molecule has 0 spiro atoms. The highest BCUT2D eigenvalue weighted by atomic mass is 16.3. The van der Waals surface area contributed by atoms with Gasteiger partial charge in [0, 0.05) is 46.3 Å². The van der Waals surface area contributed by atoms with Gasteiger partial charge in [0.25, 0.3) is 5.91 Å². The highest BCUT2D eigenvalue weighted by molar-refractivity contribution is 5.96. The van der Waals surface area contributed by atoms with Crippen molar-refractivity contribution in [3.8, 4) is 11.1 Å². The van der Waals surface area contributed by atoms with E-state index in [1.807, 2.05) is 39.8 Å². The summed E-state index contributed by atoms with van der Waals surface area (Å²) in [6.07, 6.45) is 1.81. The number of H-pyrrole nitrogens is 1. The fraction of sp³-hybridized carbons (Fsp3) is 0.444. The number of rotatable bonds is 6. The van der Waals surface area contributed by atoms with Crippen molar-refractivity contribution < 1.29 is 15.0 Å². The van der Waals surface area contributed by atoms with Crippen LogP contribution in [0.4, 0.5) is 0 Å². The van der Waals surface area contributed by atoms with Gasteiger partial charge in [-0.15, -0.1) is 0 Å². The van der Waals surface area contributed by atoms with Gasteiger partial charge in [-0.05, 0) is 87.6 Å². The molecule has 33 heavy (non-hydrogen) atoms. The van der Waals surface area contributed by atoms with Crippen LogP contribution in [0.3, 0.4) is 0 Å². The van der Waals surface area contributed by atoms with E-state index < -0.39 is 0 Å². The first-order valence-electron chi connectivity index (χ1n) is 11.7. The zero-order valence-electron chi connectivity index (χ0n) is 20.0. The van der Waals surface area contributed by atoms with E-state index in [0.717, 1.165) is 46.1 Å². The average molecular weight is 450 g/mol. The van der Waals surface area contributed by atoms with Crippen molar-refractivity contribution in [2.24, 2.45) is 0 Å². The number of carbonyl (C=O) groups is 1. The first-order valence-corrected chi connectivity index (χ1v) is 11.7. The van der Waals surface area contributed by atoms with Gasteiger partial charge in [-0.25, -0.2) is 0 Å². The summed E-state index contributed by atoms with van der Waals surface area (Å²) in [5.41, 5.74) is 5.60. The van der Waals surface area contributed by atoms with Gasteiger partial charge in [0.05, 0.1) is 13.2 Å². The largest absolute Gasteiger partial charge is 0.395 e. The molecule has 176 valence electrons. The molecule has 4 rings (SSSR count). The minimum Gasteiger partial charge on any atom is -0.395 e. The molecule has 0 aliphatic carbocycles. The van der Waals surface area contributed by atoms with Gasteiger partial charge < -0.3 is 20.5 Å². The Morgan fingerprint density at radius 1 is 1.03 bits per heavy atom. The van der Waals surface area contributed by atoms with Crippen LogP contribution >= 0.6 is 0 Å². The quantitative estimate of drug-likeness (QED) is 0.458. The van der Waals surface area contributed by atoms with Crippen LogP contribution in [0.15, 0.2) is 42.5 Å². The second-order valence-corrected chi connectivity index (χ2v) is 10.3. The Balaban J connectivity index is 1.61. The number of hydrogen-bond acceptors (Lipinski definition) is 4. The highest BCUT2D eigenvalue weighted by Gasteiger charge is 2.32. The molecule has 6 heteroatoms. The molecule has 0 radical (unpaired) electrons. The second-order valence-electron chi connectivity index (χ2n) is 10.3. The number of aromatic nitrogens is 1. The third kappa shape index (κ3) is 5.29. The number of likely N-dealkylation sites (tertiary alicyclic amines) is 1. The summed E-state index contributed by atoms with van der Waals surface area (Å²) in [5.74, 6) is -0.0695. The molecule has 0 unspecified atom stereocenters. The number of aromatic amines is 1. The van der Waals surface area contributed by atoms with Crippen molar-refractivity contribution in [1.82, 2.24) is 15.2 Å². The summed E-state index contributed by atoms with van der Waals surface area (Å²) < 4.78 is 0. The summed E-state index contributed by atoms with van der Waals surface area (Å²) in [6.45, 7) is 8.84. The normalized spacial score (nSPS) is 19.3. The molecule has 1 amide bonds. The van der Waals surface area contributed by atoms with Crippen LogP contribution < -0.4 is 5.32 Å². The molecule has 2 aromatic carbocycles. The molecule has 2 atom stereocenters. The molecule has 1 aliphatic rings. The number of amides is 1. The lowest BCUT2D eigenvalue weighted by atomic mass is 9.98. The number of nitrogens with one attached hydrogen (secondary N) is 2. The lowest BCUT2D eigenvalue weighted by molar-refractivity contribution is 0.0893. The third-order valence-corrected chi connectivity index (χ3v) is 6.38. The van der Waals surface area contributed by atoms with Crippen LogP contribution in [-0.4, -0.2) is 56.8 Å². The van der Waals surface area contributed by atoms with Crippen molar-refractivity contribution in [3.05, 3.63) is 59.3 Å². The Bertz CT molecular complexity index is 1130. The fourth-order valence-corrected chi connectivity index (χ4v) is 4.81. The van der Waals surface area contributed by atoms with Gasteiger partial charge in [-0.2, -0.15) is 0 Å². The van der Waals surface area contributed by atoms with Gasteiger partial charge in [0.1, 0.15) is 0 Å². The van der Waals surface area contributed by atoms with Crippen LogP contribution in [0.5, 0.6) is 0 Å². The summed E-state index contributed by atoms with van der Waals surface area (Å²) in [7, 11) is 0. The molecular weight excluding hydrogens is 414 g/mol. The number of nitrogens with zero attached hydrogens (tertiary/aromatic N) is 1. The maximum atomic E-state index is 12.7. The molecule has 2 heterocycles. The monoisotopic (exact) mass is 449 g/mol. The predicted octanol–water partition coefficient (Wildman–Crippen LogP) is 3.99. The zero-order chi connectivity index (χ0) is 23.8. The lowest BCUT2D eigenvalue weighted by Gasteiger charge is -2.27. The topological polar surface area (TPSA) is 88.6 Å². The minimum absolute atomic E-state index is 0.0695. The second kappa shape index (κ2) is 9.29. The van der Waals surface area contributed by atoms with E-state index in [0.29, 0.717) is 12.1 Å². The maximum Gasteiger partial charge on any atom is 0.251 e. The van der Waals surface area contributed by atoms with Gasteiger partial charge in [0.2, 0.25) is 0 Å². The van der Waals surface area contributed by atoms with Crippen molar-refractivity contribution in [1.29, 1.82) is 0 Å². The number of carbonyl (C=O) groups excluding carboxylic acids is 1. The summed E-state index contributed by atoms with van der Waals surface area (Å²) in [6, 6.07) is 14.6. The molecule has 1 aromatic heterocycles. The first-order chi connectivity index (χ1) is 15.7. The van der Waals surface area contributed by atoms with Crippen molar-refractivity contribution in [3.63, 3.8) is 0 Å².